The van der Waals surface area contributed by atoms with E-state index in [2.05, 4.69) is 15.0 Å². The largest absolute Gasteiger partial charge is 0.427 e. The number of para-hydroxylation sites is 2. The number of H-pyrrole nitrogens is 1. The number of rotatable bonds is 2. The lowest BCUT2D eigenvalue weighted by Gasteiger charge is -2.30. The molecule has 8 heteroatoms. The van der Waals surface area contributed by atoms with Gasteiger partial charge in [-0.15, -0.1) is 0 Å². The maximum Gasteiger partial charge on any atom is 0.427 e. The van der Waals surface area contributed by atoms with Crippen LogP contribution in [0.3, 0.4) is 0 Å². The molecule has 4 rings (SSSR count). The minimum absolute atomic E-state index is 0.302. The smallest absolute Gasteiger partial charge is 0.348 e. The molecule has 3 heterocycles. The second kappa shape index (κ2) is 5.77. The third kappa shape index (κ3) is 2.86. The quantitative estimate of drug-likeness (QED) is 0.742. The van der Waals surface area contributed by atoms with Gasteiger partial charge in [-0.3, -0.25) is 0 Å². The fourth-order valence-electron chi connectivity index (χ4n) is 3.05. The number of piperidine rings is 1. The van der Waals surface area contributed by atoms with Crippen LogP contribution in [0.4, 0.5) is 18.3 Å². The SMILES string of the molecule is FC(F)(F)c1cnc(N2CCC(c3nc4ccccc4[nH]3)CC2)s1. The van der Waals surface area contributed by atoms with Crippen LogP contribution in [0.25, 0.3) is 11.0 Å². The maximum atomic E-state index is 12.7. The number of thiazole rings is 1. The average Bonchev–Trinajstić information content (AvgIpc) is 3.21. The summed E-state index contributed by atoms with van der Waals surface area (Å²) in [6, 6.07) is 7.89. The van der Waals surface area contributed by atoms with Crippen LogP contribution in [0.1, 0.15) is 29.5 Å². The fraction of sp³-hybridized carbons (Fsp3) is 0.375. The lowest BCUT2D eigenvalue weighted by molar-refractivity contribution is -0.134. The minimum Gasteiger partial charge on any atom is -0.348 e. The molecule has 1 aliphatic rings. The van der Waals surface area contributed by atoms with E-state index in [0.717, 1.165) is 35.9 Å². The number of fused-ring (bicyclic) bond motifs is 1. The van der Waals surface area contributed by atoms with Crippen LogP contribution >= 0.6 is 11.3 Å². The zero-order valence-corrected chi connectivity index (χ0v) is 13.5. The first-order valence-corrected chi connectivity index (χ1v) is 8.55. The fourth-order valence-corrected chi connectivity index (χ4v) is 3.89. The zero-order chi connectivity index (χ0) is 16.7. The van der Waals surface area contributed by atoms with E-state index >= 15 is 0 Å². The van der Waals surface area contributed by atoms with Gasteiger partial charge in [-0.2, -0.15) is 13.2 Å². The van der Waals surface area contributed by atoms with E-state index in [1.165, 1.54) is 0 Å². The molecule has 0 aliphatic carbocycles. The summed E-state index contributed by atoms with van der Waals surface area (Å²) >= 11 is 0.714. The van der Waals surface area contributed by atoms with E-state index in [1.807, 2.05) is 29.2 Å². The number of alkyl halides is 3. The van der Waals surface area contributed by atoms with Crippen LogP contribution in [0, 0.1) is 0 Å². The molecule has 0 atom stereocenters. The van der Waals surface area contributed by atoms with Crippen molar-refractivity contribution in [1.82, 2.24) is 15.0 Å². The molecule has 0 amide bonds. The van der Waals surface area contributed by atoms with Crippen LogP contribution in [0.5, 0.6) is 0 Å². The van der Waals surface area contributed by atoms with E-state index in [0.29, 0.717) is 35.5 Å². The van der Waals surface area contributed by atoms with Crippen molar-refractivity contribution in [2.75, 3.05) is 18.0 Å². The first-order chi connectivity index (χ1) is 11.5. The Morgan fingerprint density at radius 1 is 1.17 bits per heavy atom. The van der Waals surface area contributed by atoms with E-state index in [-0.39, 0.29) is 0 Å². The second-order valence-electron chi connectivity index (χ2n) is 5.91. The van der Waals surface area contributed by atoms with Crippen LogP contribution in [-0.4, -0.2) is 28.0 Å². The molecule has 24 heavy (non-hydrogen) atoms. The maximum absolute atomic E-state index is 12.7. The van der Waals surface area contributed by atoms with E-state index < -0.39 is 11.1 Å². The summed E-state index contributed by atoms with van der Waals surface area (Å²) in [6.45, 7) is 1.37. The van der Waals surface area contributed by atoms with Crippen molar-refractivity contribution in [3.05, 3.63) is 41.2 Å². The summed E-state index contributed by atoms with van der Waals surface area (Å²) in [5, 5.41) is 0.449. The van der Waals surface area contributed by atoms with Crippen molar-refractivity contribution in [3.8, 4) is 0 Å². The molecule has 0 radical (unpaired) electrons. The monoisotopic (exact) mass is 352 g/mol. The highest BCUT2D eigenvalue weighted by molar-refractivity contribution is 7.15. The van der Waals surface area contributed by atoms with Crippen LogP contribution in [-0.2, 0) is 6.18 Å². The number of aromatic nitrogens is 3. The Balaban J connectivity index is 1.45. The summed E-state index contributed by atoms with van der Waals surface area (Å²) in [4.78, 5) is 13.2. The number of halogens is 3. The summed E-state index contributed by atoms with van der Waals surface area (Å²) in [5.41, 5.74) is 1.97. The Morgan fingerprint density at radius 2 is 1.92 bits per heavy atom. The van der Waals surface area contributed by atoms with Crippen LogP contribution < -0.4 is 4.90 Å². The number of anilines is 1. The van der Waals surface area contributed by atoms with Crippen LogP contribution in [0.2, 0.25) is 0 Å². The van der Waals surface area contributed by atoms with Gasteiger partial charge in [0.25, 0.3) is 0 Å². The van der Waals surface area contributed by atoms with Crippen molar-refractivity contribution >= 4 is 27.5 Å². The molecule has 2 aromatic heterocycles. The number of imidazole rings is 1. The van der Waals surface area contributed by atoms with Gasteiger partial charge in [0.1, 0.15) is 10.7 Å². The van der Waals surface area contributed by atoms with Gasteiger partial charge in [0.2, 0.25) is 0 Å². The van der Waals surface area contributed by atoms with Gasteiger partial charge in [-0.05, 0) is 25.0 Å². The first-order valence-electron chi connectivity index (χ1n) is 7.73. The van der Waals surface area contributed by atoms with Crippen molar-refractivity contribution in [3.63, 3.8) is 0 Å². The molecular weight excluding hydrogens is 337 g/mol. The highest BCUT2D eigenvalue weighted by Gasteiger charge is 2.34. The second-order valence-corrected chi connectivity index (χ2v) is 6.91. The number of hydrogen-bond acceptors (Lipinski definition) is 4. The molecule has 1 aliphatic heterocycles. The number of nitrogens with zero attached hydrogens (tertiary/aromatic N) is 3. The molecule has 126 valence electrons. The van der Waals surface area contributed by atoms with Gasteiger partial charge >= 0.3 is 6.18 Å². The molecule has 1 fully saturated rings. The van der Waals surface area contributed by atoms with Crippen molar-refractivity contribution in [2.45, 2.75) is 24.9 Å². The van der Waals surface area contributed by atoms with Gasteiger partial charge in [-0.25, -0.2) is 9.97 Å². The molecular formula is C16H15F3N4S. The molecule has 1 aromatic carbocycles. The normalized spacial score (nSPS) is 16.9. The standard InChI is InChI=1S/C16H15F3N4S/c17-16(18,19)13-9-20-15(24-13)23-7-5-10(6-8-23)14-21-11-3-1-2-4-12(11)22-14/h1-4,9-10H,5-8H2,(H,21,22). The molecule has 1 saturated heterocycles. The number of hydrogen-bond donors (Lipinski definition) is 1. The molecule has 3 aromatic rings. The van der Waals surface area contributed by atoms with Gasteiger partial charge in [0.05, 0.1) is 17.2 Å². The van der Waals surface area contributed by atoms with Gasteiger partial charge < -0.3 is 9.88 Å². The Bertz CT molecular complexity index is 813. The first kappa shape index (κ1) is 15.4. The van der Waals surface area contributed by atoms with Crippen molar-refractivity contribution in [2.24, 2.45) is 0 Å². The molecule has 0 bridgehead atoms. The van der Waals surface area contributed by atoms with Gasteiger partial charge in [0.15, 0.2) is 5.13 Å². The predicted molar refractivity (Wildman–Crippen MR) is 87.4 cm³/mol. The van der Waals surface area contributed by atoms with Crippen LogP contribution in [0.15, 0.2) is 30.5 Å². The van der Waals surface area contributed by atoms with E-state index in [1.54, 1.807) is 0 Å². The highest BCUT2D eigenvalue weighted by Crippen LogP contribution is 2.38. The summed E-state index contributed by atoms with van der Waals surface area (Å²) in [6.07, 6.45) is -1.70. The summed E-state index contributed by atoms with van der Waals surface area (Å²) in [7, 11) is 0. The van der Waals surface area contributed by atoms with Gasteiger partial charge in [-0.1, -0.05) is 23.5 Å². The number of nitrogens with one attached hydrogen (secondary N) is 1. The lowest BCUT2D eigenvalue weighted by Crippen LogP contribution is -2.33. The predicted octanol–water partition coefficient (Wildman–Crippen LogP) is 4.42. The molecule has 4 nitrogen and oxygen atoms in total. The Morgan fingerprint density at radius 3 is 2.58 bits per heavy atom. The number of aromatic amines is 1. The lowest BCUT2D eigenvalue weighted by atomic mass is 9.96. The third-order valence-electron chi connectivity index (χ3n) is 4.33. The molecule has 1 N–H and O–H groups in total. The Kier molecular flexibility index (Phi) is 3.71. The van der Waals surface area contributed by atoms with Gasteiger partial charge in [0, 0.05) is 19.0 Å². The average molecular weight is 352 g/mol. The minimum atomic E-state index is -4.32. The molecule has 0 spiro atoms. The third-order valence-corrected chi connectivity index (χ3v) is 5.44. The molecule has 0 saturated carbocycles. The highest BCUT2D eigenvalue weighted by atomic mass is 32.1. The summed E-state index contributed by atoms with van der Waals surface area (Å²) in [5.74, 6) is 1.27. The van der Waals surface area contributed by atoms with E-state index in [9.17, 15) is 13.2 Å². The number of benzene rings is 1. The van der Waals surface area contributed by atoms with E-state index in [4.69, 9.17) is 0 Å². The topological polar surface area (TPSA) is 44.8 Å². The van der Waals surface area contributed by atoms with Crippen molar-refractivity contribution < 1.29 is 13.2 Å². The molecule has 0 unspecified atom stereocenters. The summed E-state index contributed by atoms with van der Waals surface area (Å²) < 4.78 is 38.1. The van der Waals surface area contributed by atoms with Crippen molar-refractivity contribution in [1.29, 1.82) is 0 Å². The Hall–Kier alpha value is -2.09. The zero-order valence-electron chi connectivity index (χ0n) is 12.7. The Labute approximate surface area is 140 Å².